The highest BCUT2D eigenvalue weighted by Gasteiger charge is 2.20. The molecular formula is C19H23N3O2S. The normalized spacial score (nSPS) is 15.4. The summed E-state index contributed by atoms with van der Waals surface area (Å²) in [7, 11) is 0. The average Bonchev–Trinajstić information content (AvgIpc) is 2.60. The van der Waals surface area contributed by atoms with E-state index in [0.717, 1.165) is 43.7 Å². The highest BCUT2D eigenvalue weighted by molar-refractivity contribution is 7.98. The number of nitrogens with zero attached hydrogens (tertiary/aromatic N) is 2. The molecule has 2 heterocycles. The monoisotopic (exact) mass is 357 g/mol. The number of hydrogen-bond donors (Lipinski definition) is 1. The fourth-order valence-corrected chi connectivity index (χ4v) is 3.75. The molecule has 0 atom stereocenters. The molecule has 0 aliphatic carbocycles. The van der Waals surface area contributed by atoms with Crippen molar-refractivity contribution in [1.82, 2.24) is 14.9 Å². The van der Waals surface area contributed by atoms with Gasteiger partial charge in [-0.15, -0.1) is 11.8 Å². The summed E-state index contributed by atoms with van der Waals surface area (Å²) in [4.78, 5) is 34.9. The predicted molar refractivity (Wildman–Crippen MR) is 99.8 cm³/mol. The third-order valence-corrected chi connectivity index (χ3v) is 5.37. The van der Waals surface area contributed by atoms with Crippen LogP contribution in [0.1, 0.15) is 48.3 Å². The number of hydrogen-bond acceptors (Lipinski definition) is 4. The summed E-state index contributed by atoms with van der Waals surface area (Å²) in [5, 5.41) is 0. The molecule has 1 aromatic carbocycles. The maximum Gasteiger partial charge on any atom is 0.263 e. The second kappa shape index (κ2) is 8.85. The molecule has 1 aliphatic rings. The van der Waals surface area contributed by atoms with Crippen molar-refractivity contribution in [1.29, 1.82) is 0 Å². The summed E-state index contributed by atoms with van der Waals surface area (Å²) in [5.41, 5.74) is -0.195. The van der Waals surface area contributed by atoms with Gasteiger partial charge in [-0.05, 0) is 25.0 Å². The second-order valence-electron chi connectivity index (χ2n) is 6.23. The van der Waals surface area contributed by atoms with Crippen LogP contribution in [0.5, 0.6) is 0 Å². The van der Waals surface area contributed by atoms with Crippen molar-refractivity contribution in [3.63, 3.8) is 0 Å². The SMILES string of the molecule is O=C(c1cnc(CSc2ccccc2)[nH]c1=O)N1CCCCCCC1. The zero-order valence-electron chi connectivity index (χ0n) is 14.2. The lowest BCUT2D eigenvalue weighted by molar-refractivity contribution is 0.0740. The maximum atomic E-state index is 12.6. The fourth-order valence-electron chi connectivity index (χ4n) is 2.95. The summed E-state index contributed by atoms with van der Waals surface area (Å²) in [5.74, 6) is 0.957. The molecule has 132 valence electrons. The van der Waals surface area contributed by atoms with Gasteiger partial charge in [0.1, 0.15) is 11.4 Å². The molecule has 0 saturated carbocycles. The number of benzene rings is 1. The molecule has 5 nitrogen and oxygen atoms in total. The van der Waals surface area contributed by atoms with Crippen molar-refractivity contribution in [2.24, 2.45) is 0 Å². The predicted octanol–water partition coefficient (Wildman–Crippen LogP) is 3.47. The number of aromatic amines is 1. The lowest BCUT2D eigenvalue weighted by atomic mass is 10.1. The minimum Gasteiger partial charge on any atom is -0.338 e. The number of amides is 1. The van der Waals surface area contributed by atoms with Crippen LogP contribution in [0.2, 0.25) is 0 Å². The van der Waals surface area contributed by atoms with Crippen molar-refractivity contribution in [3.8, 4) is 0 Å². The Morgan fingerprint density at radius 2 is 1.76 bits per heavy atom. The molecule has 0 radical (unpaired) electrons. The smallest absolute Gasteiger partial charge is 0.263 e. The summed E-state index contributed by atoms with van der Waals surface area (Å²) < 4.78 is 0. The van der Waals surface area contributed by atoms with Crippen LogP contribution in [0, 0.1) is 0 Å². The Morgan fingerprint density at radius 1 is 1.08 bits per heavy atom. The topological polar surface area (TPSA) is 66.1 Å². The highest BCUT2D eigenvalue weighted by Crippen LogP contribution is 2.20. The Balaban J connectivity index is 1.66. The third-order valence-electron chi connectivity index (χ3n) is 4.34. The maximum absolute atomic E-state index is 12.6. The van der Waals surface area contributed by atoms with E-state index >= 15 is 0 Å². The Hall–Kier alpha value is -2.08. The summed E-state index contributed by atoms with van der Waals surface area (Å²) in [6, 6.07) is 9.95. The van der Waals surface area contributed by atoms with Crippen LogP contribution in [0.4, 0.5) is 0 Å². The number of thioether (sulfide) groups is 1. The standard InChI is InChI=1S/C19H23N3O2S/c23-18-16(19(24)22-11-7-2-1-3-8-12-22)13-20-17(21-18)14-25-15-9-5-4-6-10-15/h4-6,9-10,13H,1-3,7-8,11-12,14H2,(H,20,21,23). The van der Waals surface area contributed by atoms with Crippen LogP contribution >= 0.6 is 11.8 Å². The van der Waals surface area contributed by atoms with Crippen molar-refractivity contribution in [2.75, 3.05) is 13.1 Å². The minimum absolute atomic E-state index is 0.147. The number of carbonyl (C=O) groups excluding carboxylic acids is 1. The number of likely N-dealkylation sites (tertiary alicyclic amines) is 1. The zero-order valence-corrected chi connectivity index (χ0v) is 15.1. The largest absolute Gasteiger partial charge is 0.338 e. The highest BCUT2D eigenvalue weighted by atomic mass is 32.2. The summed E-state index contributed by atoms with van der Waals surface area (Å²) in [6.07, 6.45) is 6.96. The van der Waals surface area contributed by atoms with Crippen molar-refractivity contribution >= 4 is 17.7 Å². The molecule has 0 spiro atoms. The summed E-state index contributed by atoms with van der Waals surface area (Å²) >= 11 is 1.60. The quantitative estimate of drug-likeness (QED) is 0.851. The van der Waals surface area contributed by atoms with Gasteiger partial charge in [-0.1, -0.05) is 37.5 Å². The first-order valence-corrected chi connectivity index (χ1v) is 9.78. The van der Waals surface area contributed by atoms with Crippen LogP contribution in [0.25, 0.3) is 0 Å². The third kappa shape index (κ3) is 4.95. The van der Waals surface area contributed by atoms with Crippen LogP contribution in [0.15, 0.2) is 46.2 Å². The van der Waals surface area contributed by atoms with Crippen LogP contribution in [-0.2, 0) is 5.75 Å². The number of aromatic nitrogens is 2. The Morgan fingerprint density at radius 3 is 2.44 bits per heavy atom. The van der Waals surface area contributed by atoms with Gasteiger partial charge in [-0.3, -0.25) is 9.59 Å². The van der Waals surface area contributed by atoms with Gasteiger partial charge < -0.3 is 9.88 Å². The van der Waals surface area contributed by atoms with E-state index in [4.69, 9.17) is 0 Å². The fraction of sp³-hybridized carbons (Fsp3) is 0.421. The van der Waals surface area contributed by atoms with Gasteiger partial charge in [-0.2, -0.15) is 0 Å². The molecule has 2 aromatic rings. The van der Waals surface area contributed by atoms with Gasteiger partial charge in [-0.25, -0.2) is 4.98 Å². The van der Waals surface area contributed by atoms with Gasteiger partial charge in [0.05, 0.1) is 5.75 Å². The van der Waals surface area contributed by atoms with E-state index in [1.165, 1.54) is 12.6 Å². The van der Waals surface area contributed by atoms with E-state index in [1.54, 1.807) is 16.7 Å². The molecule has 1 fully saturated rings. The van der Waals surface area contributed by atoms with Crippen LogP contribution in [0.3, 0.4) is 0 Å². The number of H-pyrrole nitrogens is 1. The molecule has 1 amide bonds. The molecule has 1 saturated heterocycles. The molecule has 1 N–H and O–H groups in total. The molecule has 1 aromatic heterocycles. The van der Waals surface area contributed by atoms with Gasteiger partial charge in [0.15, 0.2) is 0 Å². The molecule has 0 bridgehead atoms. The van der Waals surface area contributed by atoms with E-state index in [2.05, 4.69) is 9.97 Å². The lowest BCUT2D eigenvalue weighted by Crippen LogP contribution is -2.37. The minimum atomic E-state index is -0.342. The van der Waals surface area contributed by atoms with E-state index in [0.29, 0.717) is 11.6 Å². The first kappa shape index (κ1) is 17.7. The molecule has 1 aliphatic heterocycles. The first-order valence-electron chi connectivity index (χ1n) is 8.79. The zero-order chi connectivity index (χ0) is 17.5. The summed E-state index contributed by atoms with van der Waals surface area (Å²) in [6.45, 7) is 1.45. The van der Waals surface area contributed by atoms with Crippen molar-refractivity contribution in [3.05, 3.63) is 58.3 Å². The van der Waals surface area contributed by atoms with Gasteiger partial charge in [0, 0.05) is 24.2 Å². The van der Waals surface area contributed by atoms with Gasteiger partial charge >= 0.3 is 0 Å². The van der Waals surface area contributed by atoms with Gasteiger partial charge in [0.25, 0.3) is 11.5 Å². The number of carbonyl (C=O) groups is 1. The molecule has 3 rings (SSSR count). The molecule has 25 heavy (non-hydrogen) atoms. The van der Waals surface area contributed by atoms with Crippen molar-refractivity contribution < 1.29 is 4.79 Å². The Labute approximate surface area is 151 Å². The van der Waals surface area contributed by atoms with Crippen LogP contribution in [-0.4, -0.2) is 33.9 Å². The molecule has 0 unspecified atom stereocenters. The first-order chi connectivity index (χ1) is 12.2. The second-order valence-corrected chi connectivity index (χ2v) is 7.28. The number of nitrogens with one attached hydrogen (secondary N) is 1. The van der Waals surface area contributed by atoms with E-state index in [9.17, 15) is 9.59 Å². The molecule has 6 heteroatoms. The van der Waals surface area contributed by atoms with E-state index < -0.39 is 0 Å². The van der Waals surface area contributed by atoms with Crippen LogP contribution < -0.4 is 5.56 Å². The average molecular weight is 357 g/mol. The Bertz CT molecular complexity index is 753. The Kier molecular flexibility index (Phi) is 6.28. The lowest BCUT2D eigenvalue weighted by Gasteiger charge is -2.24. The number of rotatable bonds is 4. The van der Waals surface area contributed by atoms with E-state index in [1.807, 2.05) is 30.3 Å². The van der Waals surface area contributed by atoms with E-state index in [-0.39, 0.29) is 17.0 Å². The van der Waals surface area contributed by atoms with Crippen molar-refractivity contribution in [2.45, 2.75) is 42.8 Å². The molecular weight excluding hydrogens is 334 g/mol. The van der Waals surface area contributed by atoms with Gasteiger partial charge in [0.2, 0.25) is 0 Å².